The van der Waals surface area contributed by atoms with Gasteiger partial charge < -0.3 is 62.6 Å². The Morgan fingerprint density at radius 1 is 0.758 bits per heavy atom. The van der Waals surface area contributed by atoms with Crippen LogP contribution in [0.25, 0.3) is 10.9 Å². The Hall–Kier alpha value is -7.03. The molecule has 0 saturated carbocycles. The van der Waals surface area contributed by atoms with Crippen LogP contribution in [0.5, 0.6) is 5.75 Å². The first-order chi connectivity index (χ1) is 29.3. The summed E-state index contributed by atoms with van der Waals surface area (Å²) in [5, 5.41) is 50.3. The average Bonchev–Trinajstić information content (AvgIpc) is 3.63. The molecule has 0 spiro atoms. The molecule has 0 radical (unpaired) electrons. The number of likely N-dealkylation sites (N-methyl/N-ethyl adjacent to an activating group) is 1. The summed E-state index contributed by atoms with van der Waals surface area (Å²) in [5.41, 5.74) is 7.59. The minimum atomic E-state index is -1.78. The number of hydrogen-bond acceptors (Lipinski definition) is 11. The van der Waals surface area contributed by atoms with Gasteiger partial charge in [0, 0.05) is 43.4 Å². The predicted octanol–water partition coefficient (Wildman–Crippen LogP) is -0.497. The number of unbranched alkanes of at least 4 members (excludes halogenated alkanes) is 1. The number of nitrogens with one attached hydrogen (secondary N) is 6. The van der Waals surface area contributed by atoms with Crippen molar-refractivity contribution in [2.75, 3.05) is 13.6 Å². The number of aromatic nitrogens is 1. The van der Waals surface area contributed by atoms with Crippen LogP contribution in [0.3, 0.4) is 0 Å². The number of H-pyrrole nitrogens is 1. The van der Waals surface area contributed by atoms with E-state index in [0.717, 1.165) is 15.8 Å². The second-order valence-electron chi connectivity index (χ2n) is 14.7. The summed E-state index contributed by atoms with van der Waals surface area (Å²) in [4.78, 5) is 119. The normalized spacial score (nSPS) is 13.9. The molecule has 0 aliphatic heterocycles. The molecule has 0 fully saturated rings. The van der Waals surface area contributed by atoms with Gasteiger partial charge in [0.2, 0.25) is 35.4 Å². The van der Waals surface area contributed by atoms with Crippen LogP contribution in [-0.4, -0.2) is 134 Å². The molecule has 6 atom stereocenters. The number of aliphatic carboxylic acids is 3. The highest BCUT2D eigenvalue weighted by molar-refractivity contribution is 5.97. The van der Waals surface area contributed by atoms with Gasteiger partial charge in [-0.2, -0.15) is 0 Å². The Labute approximate surface area is 356 Å². The second-order valence-corrected chi connectivity index (χ2v) is 14.7. The second kappa shape index (κ2) is 23.7. The van der Waals surface area contributed by atoms with Crippen molar-refractivity contribution in [1.82, 2.24) is 36.5 Å². The topological polar surface area (TPSA) is 340 Å². The third-order valence-corrected chi connectivity index (χ3v) is 9.86. The van der Waals surface area contributed by atoms with Crippen LogP contribution >= 0.6 is 0 Å². The third kappa shape index (κ3) is 15.2. The molecule has 0 unspecified atom stereocenters. The van der Waals surface area contributed by atoms with Gasteiger partial charge in [0.15, 0.2) is 0 Å². The number of hydrogen-bond donors (Lipinski definition) is 11. The van der Waals surface area contributed by atoms with Crippen molar-refractivity contribution in [3.8, 4) is 5.75 Å². The molecule has 3 aromatic rings. The van der Waals surface area contributed by atoms with Crippen LogP contribution < -0.4 is 32.3 Å². The van der Waals surface area contributed by atoms with E-state index in [9.17, 15) is 58.5 Å². The number of carbonyl (C=O) groups is 9. The van der Waals surface area contributed by atoms with Crippen LogP contribution in [-0.2, 0) is 56.0 Å². The van der Waals surface area contributed by atoms with Crippen molar-refractivity contribution >= 4 is 64.3 Å². The number of carbonyl (C=O) groups excluding carboxylic acids is 6. The van der Waals surface area contributed by atoms with Crippen LogP contribution in [0.4, 0.5) is 0 Å². The molecule has 0 saturated heterocycles. The summed E-state index contributed by atoms with van der Waals surface area (Å²) in [6.07, 6.45) is 1.00. The first-order valence-corrected chi connectivity index (χ1v) is 19.8. The fraction of sp³-hybridized carbons (Fsp3) is 0.439. The van der Waals surface area contributed by atoms with Crippen molar-refractivity contribution in [3.05, 3.63) is 65.9 Å². The van der Waals surface area contributed by atoms with Crippen molar-refractivity contribution < 1.29 is 63.6 Å². The smallest absolute Gasteiger partial charge is 0.326 e. The average molecular weight is 867 g/mol. The van der Waals surface area contributed by atoms with Crippen molar-refractivity contribution in [1.29, 1.82) is 0 Å². The number of aromatic amines is 1. The van der Waals surface area contributed by atoms with Crippen molar-refractivity contribution in [3.63, 3.8) is 0 Å². The molecule has 1 heterocycles. The van der Waals surface area contributed by atoms with E-state index in [1.807, 2.05) is 6.92 Å². The lowest BCUT2D eigenvalue weighted by Gasteiger charge is -2.31. The molecule has 336 valence electrons. The highest BCUT2D eigenvalue weighted by atomic mass is 16.4. The van der Waals surface area contributed by atoms with Gasteiger partial charge in [0.25, 0.3) is 0 Å². The van der Waals surface area contributed by atoms with Crippen LogP contribution in [0.2, 0.25) is 0 Å². The molecule has 0 bridgehead atoms. The molecule has 12 N–H and O–H groups in total. The van der Waals surface area contributed by atoms with Gasteiger partial charge in [-0.25, -0.2) is 4.79 Å². The van der Waals surface area contributed by atoms with Gasteiger partial charge in [-0.05, 0) is 49.1 Å². The third-order valence-electron chi connectivity index (χ3n) is 9.86. The quantitative estimate of drug-likeness (QED) is 0.0512. The zero-order chi connectivity index (χ0) is 46.1. The molecule has 1 aromatic heterocycles. The number of benzene rings is 2. The van der Waals surface area contributed by atoms with E-state index in [1.165, 1.54) is 38.2 Å². The van der Waals surface area contributed by atoms with E-state index >= 15 is 0 Å². The molecule has 6 amide bonds. The summed E-state index contributed by atoms with van der Waals surface area (Å²) in [6.45, 7) is 2.44. The molecular formula is C41H54N8O13. The molecule has 0 aliphatic carbocycles. The van der Waals surface area contributed by atoms with E-state index in [-0.39, 0.29) is 37.9 Å². The number of phenols is 1. The maximum Gasteiger partial charge on any atom is 0.326 e. The molecule has 21 heteroatoms. The SMILES string of the molecule is CCCC[C@@H](C(=O)N[C@@H](CC(=O)O)C(=O)O)N(C)C(=O)[C@H](Cc1c[nH]c2ccccc12)NC(=O)CNC(=O)[C@H](Cc1ccc(O)cc1)NC(=O)[C@H](C)NC(=O)[C@H](N)CCC(=O)O. The molecule has 62 heavy (non-hydrogen) atoms. The summed E-state index contributed by atoms with van der Waals surface area (Å²) < 4.78 is 0. The Balaban J connectivity index is 1.84. The fourth-order valence-corrected chi connectivity index (χ4v) is 6.37. The van der Waals surface area contributed by atoms with E-state index in [4.69, 9.17) is 10.8 Å². The summed E-state index contributed by atoms with van der Waals surface area (Å²) in [7, 11) is 1.30. The Kier molecular flexibility index (Phi) is 18.8. The molecule has 21 nitrogen and oxygen atoms in total. The largest absolute Gasteiger partial charge is 0.508 e. The van der Waals surface area contributed by atoms with Crippen LogP contribution in [0.15, 0.2) is 54.7 Å². The zero-order valence-electron chi connectivity index (χ0n) is 34.5. The van der Waals surface area contributed by atoms with Gasteiger partial charge >= 0.3 is 17.9 Å². The van der Waals surface area contributed by atoms with E-state index in [1.54, 1.807) is 30.5 Å². The molecule has 2 aromatic carbocycles. The van der Waals surface area contributed by atoms with Crippen molar-refractivity contribution in [2.24, 2.45) is 5.73 Å². The Bertz CT molecular complexity index is 2090. The number of carboxylic acids is 3. The minimum Gasteiger partial charge on any atom is -0.508 e. The number of para-hydroxylation sites is 1. The predicted molar refractivity (Wildman–Crippen MR) is 221 cm³/mol. The maximum absolute atomic E-state index is 14.3. The first kappa shape index (κ1) is 49.3. The van der Waals surface area contributed by atoms with E-state index < -0.39 is 103 Å². The number of aromatic hydroxyl groups is 1. The number of nitrogens with zero attached hydrogens (tertiary/aromatic N) is 1. The van der Waals surface area contributed by atoms with E-state index in [0.29, 0.717) is 24.0 Å². The summed E-state index contributed by atoms with van der Waals surface area (Å²) in [5.74, 6) is -9.26. The van der Waals surface area contributed by atoms with Gasteiger partial charge in [0.1, 0.15) is 36.0 Å². The van der Waals surface area contributed by atoms with Gasteiger partial charge in [-0.15, -0.1) is 0 Å². The maximum atomic E-state index is 14.3. The van der Waals surface area contributed by atoms with Gasteiger partial charge in [-0.1, -0.05) is 50.1 Å². The molecule has 0 aliphatic rings. The number of nitrogens with two attached hydrogens (primary N) is 1. The van der Waals surface area contributed by atoms with Crippen molar-refractivity contribution in [2.45, 2.75) is 101 Å². The zero-order valence-corrected chi connectivity index (χ0v) is 34.5. The van der Waals surface area contributed by atoms with E-state index in [2.05, 4.69) is 31.6 Å². The summed E-state index contributed by atoms with van der Waals surface area (Å²) in [6, 6.07) is 4.68. The van der Waals surface area contributed by atoms with Crippen LogP contribution in [0.1, 0.15) is 63.5 Å². The standard InChI is InChI=1S/C41H54N8O13/c1-4-5-10-32(39(59)48-31(41(61)62)19-35(54)55)49(3)40(60)30(18-24-20-43-28-9-7-6-8-26(24)28)46-33(51)21-44-38(58)29(17-23-11-13-25(50)14-12-23)47-36(56)22(2)45-37(57)27(42)15-16-34(52)53/h6-9,11-14,20,22,27,29-32,43,50H,4-5,10,15-19,21,42H2,1-3H3,(H,44,58)(H,45,57)(H,46,51)(H,47,56)(H,48,59)(H,52,53)(H,54,55)(H,61,62)/t22-,27+,29-,30-,31-,32-/m0/s1. The number of phenolic OH excluding ortho intramolecular Hbond substituents is 1. The summed E-state index contributed by atoms with van der Waals surface area (Å²) >= 11 is 0. The number of carboxylic acid groups (broad SMARTS) is 3. The molecule has 3 rings (SSSR count). The Morgan fingerprint density at radius 3 is 2.05 bits per heavy atom. The highest BCUT2D eigenvalue weighted by Gasteiger charge is 2.35. The van der Waals surface area contributed by atoms with Gasteiger partial charge in [-0.3, -0.25) is 38.4 Å². The van der Waals surface area contributed by atoms with Crippen LogP contribution in [0, 0.1) is 0 Å². The van der Waals surface area contributed by atoms with Gasteiger partial charge in [0.05, 0.1) is 19.0 Å². The highest BCUT2D eigenvalue weighted by Crippen LogP contribution is 2.21. The lowest BCUT2D eigenvalue weighted by molar-refractivity contribution is -0.148. The fourth-order valence-electron chi connectivity index (χ4n) is 6.37. The minimum absolute atomic E-state index is 0.0617. The number of amides is 6. The number of rotatable bonds is 25. The monoisotopic (exact) mass is 866 g/mol. The Morgan fingerprint density at radius 2 is 1.42 bits per heavy atom. The molecular weight excluding hydrogens is 812 g/mol. The first-order valence-electron chi connectivity index (χ1n) is 19.8. The lowest BCUT2D eigenvalue weighted by atomic mass is 10.0. The lowest BCUT2D eigenvalue weighted by Crippen LogP contribution is -2.58. The number of fused-ring (bicyclic) bond motifs is 1.